The number of hydrogen-bond acceptors (Lipinski definition) is 2. The molecule has 0 spiro atoms. The third-order valence-corrected chi connectivity index (χ3v) is 3.06. The van der Waals surface area contributed by atoms with Gasteiger partial charge in [-0.05, 0) is 36.6 Å². The molecular weight excluding hydrogens is 212 g/mol. The Morgan fingerprint density at radius 2 is 1.87 bits per heavy atom. The number of rotatable bonds is 2. The van der Waals surface area contributed by atoms with Gasteiger partial charge < -0.3 is 10.2 Å². The minimum absolute atomic E-state index is 0.00391. The van der Waals surface area contributed by atoms with E-state index in [9.17, 15) is 10.2 Å². The summed E-state index contributed by atoms with van der Waals surface area (Å²) >= 11 is 6.15. The normalized spacial score (nSPS) is 11.9. The first-order valence-electron chi connectivity index (χ1n) is 4.91. The average Bonchev–Trinajstić information content (AvgIpc) is 2.14. The lowest BCUT2D eigenvalue weighted by Crippen LogP contribution is -2.24. The number of phenols is 1. The van der Waals surface area contributed by atoms with Crippen molar-refractivity contribution in [2.24, 2.45) is 0 Å². The SMILES string of the molecule is Cc1cc(Cl)c(C(C)(C)CO)c(C)c1O. The van der Waals surface area contributed by atoms with Crippen molar-refractivity contribution in [3.05, 3.63) is 27.8 Å². The second-order valence-corrected chi connectivity index (χ2v) is 4.97. The van der Waals surface area contributed by atoms with Crippen molar-refractivity contribution in [1.29, 1.82) is 0 Å². The van der Waals surface area contributed by atoms with Crippen LogP contribution in [0.15, 0.2) is 6.07 Å². The Balaban J connectivity index is 3.49. The van der Waals surface area contributed by atoms with Crippen LogP contribution in [0.1, 0.15) is 30.5 Å². The molecule has 0 saturated carbocycles. The van der Waals surface area contributed by atoms with Crippen LogP contribution < -0.4 is 0 Å². The summed E-state index contributed by atoms with van der Waals surface area (Å²) in [6, 6.07) is 1.73. The second-order valence-electron chi connectivity index (χ2n) is 4.57. The minimum Gasteiger partial charge on any atom is -0.507 e. The molecule has 1 aromatic carbocycles. The van der Waals surface area contributed by atoms with E-state index < -0.39 is 5.41 Å². The van der Waals surface area contributed by atoms with Crippen LogP contribution in [0.2, 0.25) is 5.02 Å². The van der Waals surface area contributed by atoms with E-state index in [1.165, 1.54) is 0 Å². The largest absolute Gasteiger partial charge is 0.507 e. The van der Waals surface area contributed by atoms with E-state index in [0.29, 0.717) is 5.02 Å². The van der Waals surface area contributed by atoms with E-state index in [1.54, 1.807) is 6.07 Å². The molecule has 0 aliphatic rings. The minimum atomic E-state index is -0.438. The summed E-state index contributed by atoms with van der Waals surface area (Å²) < 4.78 is 0. The predicted molar refractivity (Wildman–Crippen MR) is 62.7 cm³/mol. The number of aliphatic hydroxyl groups excluding tert-OH is 1. The zero-order valence-corrected chi connectivity index (χ0v) is 10.3. The number of benzene rings is 1. The van der Waals surface area contributed by atoms with E-state index in [0.717, 1.165) is 16.7 Å². The van der Waals surface area contributed by atoms with Crippen LogP contribution in [0.25, 0.3) is 0 Å². The molecule has 0 bridgehead atoms. The maximum Gasteiger partial charge on any atom is 0.121 e. The van der Waals surface area contributed by atoms with Crippen molar-refractivity contribution < 1.29 is 10.2 Å². The third kappa shape index (κ3) is 2.11. The number of phenolic OH excluding ortho intramolecular Hbond substituents is 1. The highest BCUT2D eigenvalue weighted by atomic mass is 35.5. The molecule has 15 heavy (non-hydrogen) atoms. The van der Waals surface area contributed by atoms with Gasteiger partial charge in [0, 0.05) is 10.4 Å². The molecule has 0 fully saturated rings. The van der Waals surface area contributed by atoms with Crippen molar-refractivity contribution >= 4 is 11.6 Å². The molecule has 0 aliphatic heterocycles. The molecule has 0 radical (unpaired) electrons. The fourth-order valence-electron chi connectivity index (χ4n) is 1.83. The van der Waals surface area contributed by atoms with Crippen LogP contribution in [-0.4, -0.2) is 16.8 Å². The Morgan fingerprint density at radius 1 is 1.33 bits per heavy atom. The topological polar surface area (TPSA) is 40.5 Å². The molecule has 0 amide bonds. The lowest BCUT2D eigenvalue weighted by molar-refractivity contribution is 0.217. The lowest BCUT2D eigenvalue weighted by atomic mass is 9.82. The fourth-order valence-corrected chi connectivity index (χ4v) is 2.39. The summed E-state index contributed by atoms with van der Waals surface area (Å²) in [4.78, 5) is 0. The highest BCUT2D eigenvalue weighted by molar-refractivity contribution is 6.31. The molecule has 0 aliphatic carbocycles. The predicted octanol–water partition coefficient (Wildman–Crippen LogP) is 2.93. The van der Waals surface area contributed by atoms with Gasteiger partial charge in [-0.3, -0.25) is 0 Å². The van der Waals surface area contributed by atoms with Crippen LogP contribution in [0.3, 0.4) is 0 Å². The van der Waals surface area contributed by atoms with Gasteiger partial charge in [-0.2, -0.15) is 0 Å². The number of aliphatic hydroxyl groups is 1. The Kier molecular flexibility index (Phi) is 3.31. The third-order valence-electron chi connectivity index (χ3n) is 2.76. The van der Waals surface area contributed by atoms with Gasteiger partial charge in [-0.25, -0.2) is 0 Å². The van der Waals surface area contributed by atoms with Gasteiger partial charge in [0.2, 0.25) is 0 Å². The molecule has 84 valence electrons. The maximum absolute atomic E-state index is 9.83. The zero-order chi connectivity index (χ0) is 11.8. The molecule has 0 heterocycles. The monoisotopic (exact) mass is 228 g/mol. The smallest absolute Gasteiger partial charge is 0.121 e. The number of aromatic hydroxyl groups is 1. The molecule has 0 atom stereocenters. The first-order chi connectivity index (χ1) is 6.81. The van der Waals surface area contributed by atoms with Crippen molar-refractivity contribution in [3.8, 4) is 5.75 Å². The lowest BCUT2D eigenvalue weighted by Gasteiger charge is -2.26. The number of halogens is 1. The molecule has 0 unspecified atom stereocenters. The summed E-state index contributed by atoms with van der Waals surface area (Å²) in [5.41, 5.74) is 1.88. The molecule has 1 rings (SSSR count). The van der Waals surface area contributed by atoms with Gasteiger partial charge in [0.1, 0.15) is 5.75 Å². The average molecular weight is 229 g/mol. The molecule has 2 nitrogen and oxygen atoms in total. The Hall–Kier alpha value is -0.730. The van der Waals surface area contributed by atoms with Gasteiger partial charge in [0.15, 0.2) is 0 Å². The number of aryl methyl sites for hydroxylation is 1. The summed E-state index contributed by atoms with van der Waals surface area (Å²) in [6.07, 6.45) is 0. The van der Waals surface area contributed by atoms with Crippen molar-refractivity contribution in [2.75, 3.05) is 6.61 Å². The van der Waals surface area contributed by atoms with Crippen LogP contribution in [0, 0.1) is 13.8 Å². The van der Waals surface area contributed by atoms with Gasteiger partial charge in [0.25, 0.3) is 0 Å². The van der Waals surface area contributed by atoms with E-state index in [-0.39, 0.29) is 12.4 Å². The van der Waals surface area contributed by atoms with E-state index >= 15 is 0 Å². The summed E-state index contributed by atoms with van der Waals surface area (Å²) in [5, 5.41) is 19.7. The zero-order valence-electron chi connectivity index (χ0n) is 9.56. The summed E-state index contributed by atoms with van der Waals surface area (Å²) in [7, 11) is 0. The molecule has 1 aromatic rings. The summed E-state index contributed by atoms with van der Waals surface area (Å²) in [6.45, 7) is 7.42. The Morgan fingerprint density at radius 3 is 2.33 bits per heavy atom. The Labute approximate surface area is 95.5 Å². The molecule has 0 aromatic heterocycles. The van der Waals surface area contributed by atoms with Gasteiger partial charge in [-0.15, -0.1) is 0 Å². The molecular formula is C12H17ClO2. The second kappa shape index (κ2) is 4.03. The van der Waals surface area contributed by atoms with Crippen LogP contribution in [0.4, 0.5) is 0 Å². The fraction of sp³-hybridized carbons (Fsp3) is 0.500. The highest BCUT2D eigenvalue weighted by Crippen LogP contribution is 2.38. The first kappa shape index (κ1) is 12.3. The van der Waals surface area contributed by atoms with E-state index in [1.807, 2.05) is 27.7 Å². The van der Waals surface area contributed by atoms with Gasteiger partial charge >= 0.3 is 0 Å². The van der Waals surface area contributed by atoms with E-state index in [2.05, 4.69) is 0 Å². The summed E-state index contributed by atoms with van der Waals surface area (Å²) in [5.74, 6) is 0.260. The van der Waals surface area contributed by atoms with Crippen LogP contribution >= 0.6 is 11.6 Å². The molecule has 0 saturated heterocycles. The van der Waals surface area contributed by atoms with Crippen molar-refractivity contribution in [1.82, 2.24) is 0 Å². The maximum atomic E-state index is 9.83. The van der Waals surface area contributed by atoms with Crippen LogP contribution in [0.5, 0.6) is 5.75 Å². The number of hydrogen-bond donors (Lipinski definition) is 2. The molecule has 2 N–H and O–H groups in total. The van der Waals surface area contributed by atoms with Crippen molar-refractivity contribution in [2.45, 2.75) is 33.1 Å². The highest BCUT2D eigenvalue weighted by Gasteiger charge is 2.26. The quantitative estimate of drug-likeness (QED) is 0.817. The molecule has 3 heteroatoms. The Bertz CT molecular complexity index is 384. The van der Waals surface area contributed by atoms with Gasteiger partial charge in [-0.1, -0.05) is 25.4 Å². The van der Waals surface area contributed by atoms with Gasteiger partial charge in [0.05, 0.1) is 6.61 Å². The van der Waals surface area contributed by atoms with E-state index in [4.69, 9.17) is 11.6 Å². The standard InChI is InChI=1S/C12H17ClO2/c1-7-5-9(13)10(8(2)11(7)15)12(3,4)6-14/h5,14-15H,6H2,1-4H3. The van der Waals surface area contributed by atoms with Crippen molar-refractivity contribution in [3.63, 3.8) is 0 Å². The van der Waals surface area contributed by atoms with Crippen LogP contribution in [-0.2, 0) is 5.41 Å². The first-order valence-corrected chi connectivity index (χ1v) is 5.29.